The van der Waals surface area contributed by atoms with Crippen molar-refractivity contribution in [2.75, 3.05) is 13.2 Å². The highest BCUT2D eigenvalue weighted by Crippen LogP contribution is 2.35. The highest BCUT2D eigenvalue weighted by atomic mass is 32.2. The number of ether oxygens (including phenoxy) is 1. The van der Waals surface area contributed by atoms with Crippen molar-refractivity contribution in [3.63, 3.8) is 0 Å². The minimum Gasteiger partial charge on any atom is -0.504 e. The van der Waals surface area contributed by atoms with E-state index < -0.39 is 0 Å². The zero-order valence-corrected chi connectivity index (χ0v) is 15.5. The Morgan fingerprint density at radius 2 is 1.96 bits per heavy atom. The Bertz CT molecular complexity index is 863. The Labute approximate surface area is 157 Å². The molecule has 0 saturated carbocycles. The second kappa shape index (κ2) is 8.10. The quantitative estimate of drug-likeness (QED) is 0.794. The first-order chi connectivity index (χ1) is 12.6. The molecule has 1 heterocycles. The zero-order chi connectivity index (χ0) is 18.5. The SMILES string of the molecule is CCOc1cc(/C=C2/SC(=Nc3ccccc3)N(CC)C2=O)ccc1O. The van der Waals surface area contributed by atoms with Crippen LogP contribution in [-0.4, -0.2) is 34.2 Å². The van der Waals surface area contributed by atoms with Crippen LogP contribution in [0.25, 0.3) is 6.08 Å². The molecule has 0 aromatic heterocycles. The van der Waals surface area contributed by atoms with Crippen LogP contribution in [0.2, 0.25) is 0 Å². The van der Waals surface area contributed by atoms with Crippen molar-refractivity contribution in [1.82, 2.24) is 4.90 Å². The lowest BCUT2D eigenvalue weighted by Gasteiger charge is -2.11. The number of likely N-dealkylation sites (N-methyl/N-ethyl adjacent to an activating group) is 1. The lowest BCUT2D eigenvalue weighted by molar-refractivity contribution is -0.122. The lowest BCUT2D eigenvalue weighted by atomic mass is 10.2. The van der Waals surface area contributed by atoms with Crippen LogP contribution in [0.15, 0.2) is 58.4 Å². The standard InChI is InChI=1S/C20H20N2O3S/c1-3-22-19(24)18(26-20(22)21-15-8-6-5-7-9-15)13-14-10-11-16(23)17(12-14)25-4-2/h5-13,23H,3-4H2,1-2H3/b18-13+,21-20?. The van der Waals surface area contributed by atoms with Crippen LogP contribution >= 0.6 is 11.8 Å². The number of nitrogens with zero attached hydrogens (tertiary/aromatic N) is 2. The van der Waals surface area contributed by atoms with Gasteiger partial charge in [-0.15, -0.1) is 0 Å². The average Bonchev–Trinajstić information content (AvgIpc) is 2.93. The van der Waals surface area contributed by atoms with Gasteiger partial charge >= 0.3 is 0 Å². The van der Waals surface area contributed by atoms with E-state index in [9.17, 15) is 9.90 Å². The summed E-state index contributed by atoms with van der Waals surface area (Å²) in [5.74, 6) is 0.418. The average molecular weight is 368 g/mol. The first-order valence-electron chi connectivity index (χ1n) is 8.43. The second-order valence-electron chi connectivity index (χ2n) is 5.55. The molecular weight excluding hydrogens is 348 g/mol. The fourth-order valence-corrected chi connectivity index (χ4v) is 3.59. The van der Waals surface area contributed by atoms with E-state index in [1.165, 1.54) is 11.8 Å². The molecule has 0 unspecified atom stereocenters. The Morgan fingerprint density at radius 1 is 1.19 bits per heavy atom. The van der Waals surface area contributed by atoms with Crippen molar-refractivity contribution in [2.45, 2.75) is 13.8 Å². The minimum atomic E-state index is -0.0711. The zero-order valence-electron chi connectivity index (χ0n) is 14.7. The number of aromatic hydroxyl groups is 1. The maximum absolute atomic E-state index is 12.7. The number of hydrogen-bond donors (Lipinski definition) is 1. The summed E-state index contributed by atoms with van der Waals surface area (Å²) in [5.41, 5.74) is 1.60. The molecule has 3 rings (SSSR count). The molecule has 0 spiro atoms. The highest BCUT2D eigenvalue weighted by molar-refractivity contribution is 8.18. The molecule has 6 heteroatoms. The van der Waals surface area contributed by atoms with E-state index in [0.717, 1.165) is 11.3 Å². The summed E-state index contributed by atoms with van der Waals surface area (Å²) in [7, 11) is 0. The number of rotatable bonds is 5. The van der Waals surface area contributed by atoms with Gasteiger partial charge in [0.15, 0.2) is 16.7 Å². The number of phenolic OH excluding ortho intramolecular Hbond substituents is 1. The molecule has 0 aliphatic carbocycles. The van der Waals surface area contributed by atoms with Gasteiger partial charge in [0.2, 0.25) is 0 Å². The minimum absolute atomic E-state index is 0.0711. The molecule has 1 amide bonds. The second-order valence-corrected chi connectivity index (χ2v) is 6.56. The van der Waals surface area contributed by atoms with Crippen LogP contribution in [-0.2, 0) is 4.79 Å². The number of thioether (sulfide) groups is 1. The summed E-state index contributed by atoms with van der Waals surface area (Å²) in [6.07, 6.45) is 1.80. The van der Waals surface area contributed by atoms with Gasteiger partial charge in [0.1, 0.15) is 0 Å². The Hall–Kier alpha value is -2.73. The number of amidine groups is 1. The first-order valence-corrected chi connectivity index (χ1v) is 9.25. The number of amides is 1. The fourth-order valence-electron chi connectivity index (χ4n) is 2.53. The van der Waals surface area contributed by atoms with Crippen LogP contribution in [0.3, 0.4) is 0 Å². The summed E-state index contributed by atoms with van der Waals surface area (Å²) in [6, 6.07) is 14.6. The summed E-state index contributed by atoms with van der Waals surface area (Å²) < 4.78 is 5.41. The predicted molar refractivity (Wildman–Crippen MR) is 106 cm³/mol. The first kappa shape index (κ1) is 18.1. The van der Waals surface area contributed by atoms with E-state index >= 15 is 0 Å². The van der Waals surface area contributed by atoms with Crippen LogP contribution in [0, 0.1) is 0 Å². The summed E-state index contributed by atoms with van der Waals surface area (Å²) in [5, 5.41) is 10.5. The maximum atomic E-state index is 12.7. The van der Waals surface area contributed by atoms with Crippen LogP contribution in [0.4, 0.5) is 5.69 Å². The molecule has 5 nitrogen and oxygen atoms in total. The molecule has 1 fully saturated rings. The van der Waals surface area contributed by atoms with E-state index in [4.69, 9.17) is 4.74 Å². The molecule has 1 saturated heterocycles. The van der Waals surface area contributed by atoms with E-state index in [-0.39, 0.29) is 11.7 Å². The van der Waals surface area contributed by atoms with E-state index in [1.54, 1.807) is 29.2 Å². The number of carbonyl (C=O) groups is 1. The highest BCUT2D eigenvalue weighted by Gasteiger charge is 2.32. The maximum Gasteiger partial charge on any atom is 0.266 e. The molecule has 2 aromatic carbocycles. The van der Waals surface area contributed by atoms with Gasteiger partial charge in [-0.2, -0.15) is 0 Å². The van der Waals surface area contributed by atoms with Crippen molar-refractivity contribution in [2.24, 2.45) is 4.99 Å². The van der Waals surface area contributed by atoms with E-state index in [0.29, 0.717) is 29.0 Å². The van der Waals surface area contributed by atoms with E-state index in [2.05, 4.69) is 4.99 Å². The van der Waals surface area contributed by atoms with Gasteiger partial charge in [-0.25, -0.2) is 4.99 Å². The number of phenols is 1. The fraction of sp³-hybridized carbons (Fsp3) is 0.200. The van der Waals surface area contributed by atoms with Gasteiger partial charge in [0, 0.05) is 6.54 Å². The van der Waals surface area contributed by atoms with Gasteiger partial charge in [-0.1, -0.05) is 24.3 Å². The lowest BCUT2D eigenvalue weighted by Crippen LogP contribution is -2.28. The Morgan fingerprint density at radius 3 is 2.65 bits per heavy atom. The Kier molecular flexibility index (Phi) is 5.63. The molecule has 134 valence electrons. The third-order valence-electron chi connectivity index (χ3n) is 3.77. The van der Waals surface area contributed by atoms with Crippen molar-refractivity contribution in [1.29, 1.82) is 0 Å². The topological polar surface area (TPSA) is 62.1 Å². The van der Waals surface area contributed by atoms with Crippen molar-refractivity contribution in [3.05, 3.63) is 59.0 Å². The smallest absolute Gasteiger partial charge is 0.266 e. The summed E-state index contributed by atoms with van der Waals surface area (Å²) >= 11 is 1.35. The third kappa shape index (κ3) is 3.91. The van der Waals surface area contributed by atoms with Gasteiger partial charge in [-0.05, 0) is 61.5 Å². The molecule has 0 bridgehead atoms. The molecule has 1 aliphatic rings. The molecule has 2 aromatic rings. The third-order valence-corrected chi connectivity index (χ3v) is 4.77. The van der Waals surface area contributed by atoms with Gasteiger partial charge in [-0.3, -0.25) is 9.69 Å². The number of hydrogen-bond acceptors (Lipinski definition) is 5. The Balaban J connectivity index is 1.91. The van der Waals surface area contributed by atoms with Crippen molar-refractivity contribution < 1.29 is 14.6 Å². The van der Waals surface area contributed by atoms with Crippen LogP contribution < -0.4 is 4.74 Å². The molecule has 0 atom stereocenters. The van der Waals surface area contributed by atoms with Crippen molar-refractivity contribution >= 4 is 34.6 Å². The largest absolute Gasteiger partial charge is 0.504 e. The monoisotopic (exact) mass is 368 g/mol. The molecule has 1 aliphatic heterocycles. The number of aliphatic imine (C=N–C) groups is 1. The molecule has 1 N–H and O–H groups in total. The van der Waals surface area contributed by atoms with Crippen molar-refractivity contribution in [3.8, 4) is 11.5 Å². The predicted octanol–water partition coefficient (Wildman–Crippen LogP) is 4.41. The van der Waals surface area contributed by atoms with Gasteiger partial charge < -0.3 is 9.84 Å². The summed E-state index contributed by atoms with van der Waals surface area (Å²) in [6.45, 7) is 4.79. The van der Waals surface area contributed by atoms with Gasteiger partial charge in [0.05, 0.1) is 17.2 Å². The number of para-hydroxylation sites is 1. The van der Waals surface area contributed by atoms with Crippen LogP contribution in [0.1, 0.15) is 19.4 Å². The summed E-state index contributed by atoms with van der Waals surface area (Å²) in [4.78, 5) is 19.5. The number of benzene rings is 2. The number of carbonyl (C=O) groups excluding carboxylic acids is 1. The van der Waals surface area contributed by atoms with Crippen LogP contribution in [0.5, 0.6) is 11.5 Å². The van der Waals surface area contributed by atoms with Gasteiger partial charge in [0.25, 0.3) is 5.91 Å². The molecule has 0 radical (unpaired) electrons. The normalized spacial score (nSPS) is 17.3. The molecular formula is C20H20N2O3S. The van der Waals surface area contributed by atoms with E-state index in [1.807, 2.05) is 44.2 Å². The molecule has 26 heavy (non-hydrogen) atoms.